The van der Waals surface area contributed by atoms with E-state index in [1.54, 1.807) is 11.1 Å². The Morgan fingerprint density at radius 3 is 2.92 bits per heavy atom. The van der Waals surface area contributed by atoms with E-state index in [1.807, 2.05) is 36.5 Å². The maximum Gasteiger partial charge on any atom is 0.271 e. The highest BCUT2D eigenvalue weighted by atomic mass is 16.6. The Bertz CT molecular complexity index is 765. The Balaban J connectivity index is 1.46. The van der Waals surface area contributed by atoms with Gasteiger partial charge in [-0.25, -0.2) is 0 Å². The van der Waals surface area contributed by atoms with Gasteiger partial charge in [-0.2, -0.15) is 5.10 Å². The lowest BCUT2D eigenvalue weighted by atomic mass is 10.2. The molecule has 0 fully saturated rings. The van der Waals surface area contributed by atoms with Crippen molar-refractivity contribution in [2.45, 2.75) is 19.4 Å². The third-order valence-corrected chi connectivity index (χ3v) is 3.95. The minimum absolute atomic E-state index is 0.0313. The Kier molecular flexibility index (Phi) is 6.16. The second kappa shape index (κ2) is 8.96. The molecule has 0 amide bonds. The highest BCUT2D eigenvalue weighted by Gasteiger charge is 2.20. The lowest BCUT2D eigenvalue weighted by Crippen LogP contribution is -2.28. The molecule has 0 bridgehead atoms. The summed E-state index contributed by atoms with van der Waals surface area (Å²) < 4.78 is 11.2. The summed E-state index contributed by atoms with van der Waals surface area (Å²) in [5.41, 5.74) is 1.82. The van der Waals surface area contributed by atoms with Crippen LogP contribution in [0.5, 0.6) is 5.75 Å². The van der Waals surface area contributed by atoms with E-state index in [2.05, 4.69) is 5.10 Å². The van der Waals surface area contributed by atoms with Crippen molar-refractivity contribution in [2.75, 3.05) is 24.8 Å². The number of rotatable bonds is 8. The van der Waals surface area contributed by atoms with E-state index < -0.39 is 4.92 Å². The van der Waals surface area contributed by atoms with E-state index in [1.165, 1.54) is 12.1 Å². The standard InChI is InChI=1S/C19H21N3O4/c23-22(24)17-8-9-19-18(14-17)21(11-13-26-19)20-10-4-5-12-25-15-16-6-2-1-3-7-16/h1-3,6-10,14H,4-5,11-13,15H2/b20-10+. The van der Waals surface area contributed by atoms with Gasteiger partial charge in [-0.05, 0) is 24.5 Å². The second-order valence-electron chi connectivity index (χ2n) is 5.86. The fourth-order valence-corrected chi connectivity index (χ4v) is 2.62. The number of hydrogen-bond donors (Lipinski definition) is 0. The van der Waals surface area contributed by atoms with Crippen molar-refractivity contribution in [3.8, 4) is 5.75 Å². The first-order chi connectivity index (χ1) is 12.7. The SMILES string of the molecule is O=[N+]([O-])c1ccc2c(c1)N(/N=C/CCCOCc1ccccc1)CCO2. The molecule has 2 aromatic rings. The molecule has 2 aromatic carbocycles. The first-order valence-corrected chi connectivity index (χ1v) is 8.57. The molecule has 1 aliphatic heterocycles. The summed E-state index contributed by atoms with van der Waals surface area (Å²) in [7, 11) is 0. The fraction of sp³-hybridized carbons (Fsp3) is 0.316. The van der Waals surface area contributed by atoms with Crippen molar-refractivity contribution in [1.29, 1.82) is 0 Å². The van der Waals surface area contributed by atoms with E-state index in [4.69, 9.17) is 9.47 Å². The van der Waals surface area contributed by atoms with Gasteiger partial charge in [0, 0.05) is 25.0 Å². The predicted molar refractivity (Wildman–Crippen MR) is 99.8 cm³/mol. The van der Waals surface area contributed by atoms with E-state index in [0.717, 1.165) is 18.4 Å². The Morgan fingerprint density at radius 2 is 2.12 bits per heavy atom. The van der Waals surface area contributed by atoms with Crippen molar-refractivity contribution in [3.05, 3.63) is 64.2 Å². The van der Waals surface area contributed by atoms with Crippen LogP contribution >= 0.6 is 0 Å². The lowest BCUT2D eigenvalue weighted by Gasteiger charge is -2.26. The van der Waals surface area contributed by atoms with Crippen LogP contribution in [0.1, 0.15) is 18.4 Å². The first kappa shape index (κ1) is 17.9. The molecule has 0 atom stereocenters. The van der Waals surface area contributed by atoms with Gasteiger partial charge >= 0.3 is 0 Å². The number of nitrogens with zero attached hydrogens (tertiary/aromatic N) is 3. The van der Waals surface area contributed by atoms with Crippen molar-refractivity contribution in [2.24, 2.45) is 5.10 Å². The van der Waals surface area contributed by atoms with Gasteiger partial charge in [0.1, 0.15) is 18.0 Å². The highest BCUT2D eigenvalue weighted by molar-refractivity contribution is 5.67. The van der Waals surface area contributed by atoms with Gasteiger partial charge in [0.25, 0.3) is 5.69 Å². The van der Waals surface area contributed by atoms with Gasteiger partial charge < -0.3 is 9.47 Å². The Hall–Kier alpha value is -2.93. The molecule has 0 N–H and O–H groups in total. The molecule has 0 unspecified atom stereocenters. The molecular weight excluding hydrogens is 334 g/mol. The molecular formula is C19H21N3O4. The number of unbranched alkanes of at least 4 members (excludes halogenated alkanes) is 1. The second-order valence-corrected chi connectivity index (χ2v) is 5.86. The average Bonchev–Trinajstić information content (AvgIpc) is 2.67. The van der Waals surface area contributed by atoms with E-state index in [0.29, 0.717) is 37.8 Å². The summed E-state index contributed by atoms with van der Waals surface area (Å²) in [6.45, 7) is 2.34. The van der Waals surface area contributed by atoms with Gasteiger partial charge in [0.15, 0.2) is 0 Å². The monoisotopic (exact) mass is 355 g/mol. The van der Waals surface area contributed by atoms with Crippen molar-refractivity contribution < 1.29 is 14.4 Å². The van der Waals surface area contributed by atoms with Crippen LogP contribution in [0.2, 0.25) is 0 Å². The van der Waals surface area contributed by atoms with Crippen LogP contribution in [0.3, 0.4) is 0 Å². The number of nitro groups is 1. The van der Waals surface area contributed by atoms with Crippen LogP contribution in [0.4, 0.5) is 11.4 Å². The highest BCUT2D eigenvalue weighted by Crippen LogP contribution is 2.34. The maximum atomic E-state index is 11.0. The molecule has 0 aliphatic carbocycles. The molecule has 7 nitrogen and oxygen atoms in total. The molecule has 1 heterocycles. The number of anilines is 1. The summed E-state index contributed by atoms with van der Waals surface area (Å²) in [4.78, 5) is 10.5. The zero-order valence-electron chi connectivity index (χ0n) is 14.4. The van der Waals surface area contributed by atoms with Crippen LogP contribution in [0.25, 0.3) is 0 Å². The molecule has 7 heteroatoms. The summed E-state index contributed by atoms with van der Waals surface area (Å²) in [5.74, 6) is 0.616. The first-order valence-electron chi connectivity index (χ1n) is 8.57. The van der Waals surface area contributed by atoms with Crippen LogP contribution in [0, 0.1) is 10.1 Å². The number of hydrogen-bond acceptors (Lipinski definition) is 6. The molecule has 0 saturated heterocycles. The summed E-state index contributed by atoms with van der Waals surface area (Å²) >= 11 is 0. The zero-order valence-corrected chi connectivity index (χ0v) is 14.4. The Morgan fingerprint density at radius 1 is 1.27 bits per heavy atom. The normalized spacial score (nSPS) is 13.5. The van der Waals surface area contributed by atoms with Crippen molar-refractivity contribution in [3.63, 3.8) is 0 Å². The van der Waals surface area contributed by atoms with E-state index in [9.17, 15) is 10.1 Å². The van der Waals surface area contributed by atoms with Crippen LogP contribution < -0.4 is 9.75 Å². The minimum atomic E-state index is -0.416. The van der Waals surface area contributed by atoms with E-state index in [-0.39, 0.29) is 5.69 Å². The number of fused-ring (bicyclic) bond motifs is 1. The molecule has 0 radical (unpaired) electrons. The van der Waals surface area contributed by atoms with Crippen LogP contribution in [-0.2, 0) is 11.3 Å². The molecule has 0 saturated carbocycles. The van der Waals surface area contributed by atoms with Crippen molar-refractivity contribution >= 4 is 17.6 Å². The third kappa shape index (κ3) is 4.80. The topological polar surface area (TPSA) is 77.2 Å². The molecule has 0 aromatic heterocycles. The van der Waals surface area contributed by atoms with Gasteiger partial charge in [-0.1, -0.05) is 30.3 Å². The smallest absolute Gasteiger partial charge is 0.271 e. The summed E-state index contributed by atoms with van der Waals surface area (Å²) in [6, 6.07) is 14.6. The average molecular weight is 355 g/mol. The zero-order chi connectivity index (χ0) is 18.2. The fourth-order valence-electron chi connectivity index (χ4n) is 2.62. The number of benzene rings is 2. The van der Waals surface area contributed by atoms with Gasteiger partial charge in [-0.3, -0.25) is 15.1 Å². The number of hydrazone groups is 1. The summed E-state index contributed by atoms with van der Waals surface area (Å²) in [5, 5.41) is 17.1. The molecule has 136 valence electrons. The molecule has 26 heavy (non-hydrogen) atoms. The van der Waals surface area contributed by atoms with Gasteiger partial charge in [-0.15, -0.1) is 0 Å². The van der Waals surface area contributed by atoms with E-state index >= 15 is 0 Å². The van der Waals surface area contributed by atoms with Gasteiger partial charge in [0.2, 0.25) is 0 Å². The molecule has 0 spiro atoms. The summed E-state index contributed by atoms with van der Waals surface area (Å²) in [6.07, 6.45) is 3.46. The van der Waals surface area contributed by atoms with Crippen molar-refractivity contribution in [1.82, 2.24) is 0 Å². The molecule has 1 aliphatic rings. The third-order valence-electron chi connectivity index (χ3n) is 3.95. The van der Waals surface area contributed by atoms with Crippen LogP contribution in [-0.4, -0.2) is 30.9 Å². The largest absolute Gasteiger partial charge is 0.489 e. The number of ether oxygens (including phenoxy) is 2. The number of non-ortho nitro benzene ring substituents is 1. The number of nitro benzene ring substituents is 1. The predicted octanol–water partition coefficient (Wildman–Crippen LogP) is 3.78. The lowest BCUT2D eigenvalue weighted by molar-refractivity contribution is -0.384. The quantitative estimate of drug-likeness (QED) is 0.312. The Labute approximate surface area is 152 Å². The van der Waals surface area contributed by atoms with Crippen LogP contribution in [0.15, 0.2) is 53.6 Å². The molecule has 3 rings (SSSR count). The maximum absolute atomic E-state index is 11.0. The minimum Gasteiger partial charge on any atom is -0.489 e. The van der Waals surface area contributed by atoms with Gasteiger partial charge in [0.05, 0.1) is 18.1 Å².